The van der Waals surface area contributed by atoms with Gasteiger partial charge in [-0.25, -0.2) is 0 Å². The van der Waals surface area contributed by atoms with Gasteiger partial charge in [0.1, 0.15) is 0 Å². The summed E-state index contributed by atoms with van der Waals surface area (Å²) in [4.78, 5) is 2.25. The summed E-state index contributed by atoms with van der Waals surface area (Å²) in [6.07, 6.45) is 1.99. The van der Waals surface area contributed by atoms with Crippen LogP contribution in [0, 0.1) is 0 Å². The van der Waals surface area contributed by atoms with Gasteiger partial charge in [-0.1, -0.05) is 17.7 Å². The normalized spacial score (nSPS) is 19.4. The van der Waals surface area contributed by atoms with Gasteiger partial charge in [0.25, 0.3) is 0 Å². The standard InChI is InChI=1S/C13H19ClN2O/c1-13(17-2)6-8-16(9-7-13)12-10(14)4-3-5-11(12)15/h3-5H,6-9,15H2,1-2H3. The van der Waals surface area contributed by atoms with E-state index in [9.17, 15) is 0 Å². The molecule has 4 heteroatoms. The molecule has 1 aromatic rings. The van der Waals surface area contributed by atoms with Crippen molar-refractivity contribution in [3.8, 4) is 0 Å². The highest BCUT2D eigenvalue weighted by atomic mass is 35.5. The third-order valence-corrected chi connectivity index (χ3v) is 3.95. The Morgan fingerprint density at radius 3 is 2.53 bits per heavy atom. The number of rotatable bonds is 2. The van der Waals surface area contributed by atoms with E-state index in [-0.39, 0.29) is 5.60 Å². The molecule has 0 saturated carbocycles. The Kier molecular flexibility index (Phi) is 3.50. The van der Waals surface area contributed by atoms with E-state index in [1.807, 2.05) is 18.2 Å². The van der Waals surface area contributed by atoms with Crippen molar-refractivity contribution in [2.45, 2.75) is 25.4 Å². The predicted molar refractivity (Wildman–Crippen MR) is 72.7 cm³/mol. The van der Waals surface area contributed by atoms with Gasteiger partial charge in [-0.15, -0.1) is 0 Å². The maximum Gasteiger partial charge on any atom is 0.0789 e. The van der Waals surface area contributed by atoms with Crippen molar-refractivity contribution >= 4 is 23.0 Å². The topological polar surface area (TPSA) is 38.5 Å². The van der Waals surface area contributed by atoms with Crippen molar-refractivity contribution < 1.29 is 4.74 Å². The smallest absolute Gasteiger partial charge is 0.0789 e. The summed E-state index contributed by atoms with van der Waals surface area (Å²) in [5.41, 5.74) is 7.70. The fourth-order valence-electron chi connectivity index (χ4n) is 2.27. The van der Waals surface area contributed by atoms with E-state index in [1.54, 1.807) is 7.11 Å². The van der Waals surface area contributed by atoms with Gasteiger partial charge in [0, 0.05) is 20.2 Å². The second kappa shape index (κ2) is 4.75. The predicted octanol–water partition coefficient (Wildman–Crippen LogP) is 2.93. The number of halogens is 1. The molecule has 3 nitrogen and oxygen atoms in total. The van der Waals surface area contributed by atoms with Gasteiger partial charge in [-0.3, -0.25) is 0 Å². The largest absolute Gasteiger partial charge is 0.397 e. The van der Waals surface area contributed by atoms with Gasteiger partial charge in [0.15, 0.2) is 0 Å². The molecular formula is C13H19ClN2O. The number of hydrogen-bond donors (Lipinski definition) is 1. The van der Waals surface area contributed by atoms with Crippen LogP contribution in [0.1, 0.15) is 19.8 Å². The Morgan fingerprint density at radius 2 is 2.00 bits per heavy atom. The number of nitrogen functional groups attached to an aromatic ring is 1. The third-order valence-electron chi connectivity index (χ3n) is 3.65. The molecule has 0 unspecified atom stereocenters. The van der Waals surface area contributed by atoms with E-state index in [0.29, 0.717) is 0 Å². The van der Waals surface area contributed by atoms with Crippen LogP contribution in [0.5, 0.6) is 0 Å². The van der Waals surface area contributed by atoms with E-state index >= 15 is 0 Å². The Bertz CT molecular complexity index is 380. The molecule has 0 aromatic heterocycles. The van der Waals surface area contributed by atoms with Crippen LogP contribution in [0.3, 0.4) is 0 Å². The minimum Gasteiger partial charge on any atom is -0.397 e. The SMILES string of the molecule is COC1(C)CCN(c2c(N)cccc2Cl)CC1. The Labute approximate surface area is 107 Å². The first-order chi connectivity index (χ1) is 8.06. The van der Waals surface area contributed by atoms with Crippen LogP contribution in [0.25, 0.3) is 0 Å². The Hall–Kier alpha value is -0.930. The molecule has 2 N–H and O–H groups in total. The van der Waals surface area contributed by atoms with E-state index in [0.717, 1.165) is 42.3 Å². The van der Waals surface area contributed by atoms with E-state index < -0.39 is 0 Å². The highest BCUT2D eigenvalue weighted by Crippen LogP contribution is 2.36. The molecule has 0 bridgehead atoms. The number of nitrogens with two attached hydrogens (primary N) is 1. The van der Waals surface area contributed by atoms with Gasteiger partial charge in [0.05, 0.1) is 22.0 Å². The van der Waals surface area contributed by atoms with Crippen molar-refractivity contribution in [1.29, 1.82) is 0 Å². The lowest BCUT2D eigenvalue weighted by atomic mass is 9.93. The first-order valence-electron chi connectivity index (χ1n) is 5.90. The number of nitrogens with zero attached hydrogens (tertiary/aromatic N) is 1. The van der Waals surface area contributed by atoms with Gasteiger partial charge in [0.2, 0.25) is 0 Å². The third kappa shape index (κ3) is 2.50. The van der Waals surface area contributed by atoms with Gasteiger partial charge < -0.3 is 15.4 Å². The monoisotopic (exact) mass is 254 g/mol. The molecule has 1 aliphatic rings. The minimum absolute atomic E-state index is 0.00742. The minimum atomic E-state index is -0.00742. The van der Waals surface area contributed by atoms with Crippen LogP contribution < -0.4 is 10.6 Å². The average Bonchev–Trinajstić information content (AvgIpc) is 2.31. The molecule has 94 valence electrons. The summed E-state index contributed by atoms with van der Waals surface area (Å²) < 4.78 is 5.53. The van der Waals surface area contributed by atoms with Gasteiger partial charge >= 0.3 is 0 Å². The molecule has 1 saturated heterocycles. The summed E-state index contributed by atoms with van der Waals surface area (Å²) in [6, 6.07) is 5.66. The zero-order chi connectivity index (χ0) is 12.5. The van der Waals surface area contributed by atoms with Crippen LogP contribution in [0.15, 0.2) is 18.2 Å². The summed E-state index contributed by atoms with van der Waals surface area (Å²) in [5, 5.41) is 0.728. The maximum atomic E-state index is 6.21. The van der Waals surface area contributed by atoms with Gasteiger partial charge in [-0.05, 0) is 31.9 Å². The maximum absolute atomic E-state index is 6.21. The fraction of sp³-hybridized carbons (Fsp3) is 0.538. The van der Waals surface area contributed by atoms with E-state index in [1.165, 1.54) is 0 Å². The van der Waals surface area contributed by atoms with Crippen LogP contribution in [0.2, 0.25) is 5.02 Å². The molecule has 0 amide bonds. The Morgan fingerprint density at radius 1 is 1.35 bits per heavy atom. The average molecular weight is 255 g/mol. The first-order valence-corrected chi connectivity index (χ1v) is 6.28. The lowest BCUT2D eigenvalue weighted by Crippen LogP contribution is -2.44. The molecule has 2 rings (SSSR count). The van der Waals surface area contributed by atoms with Crippen molar-refractivity contribution in [2.75, 3.05) is 30.8 Å². The lowest BCUT2D eigenvalue weighted by molar-refractivity contribution is -0.0132. The number of ether oxygens (including phenoxy) is 1. The molecule has 0 atom stereocenters. The molecule has 1 fully saturated rings. The summed E-state index contributed by atoms with van der Waals surface area (Å²) >= 11 is 6.21. The summed E-state index contributed by atoms with van der Waals surface area (Å²) in [7, 11) is 1.78. The van der Waals surface area contributed by atoms with Crippen LogP contribution in [0.4, 0.5) is 11.4 Å². The zero-order valence-corrected chi connectivity index (χ0v) is 11.1. The Balaban J connectivity index is 2.16. The van der Waals surface area contributed by atoms with Crippen molar-refractivity contribution in [3.63, 3.8) is 0 Å². The molecule has 1 aromatic carbocycles. The quantitative estimate of drug-likeness (QED) is 0.825. The van der Waals surface area contributed by atoms with Crippen LogP contribution in [-0.4, -0.2) is 25.8 Å². The second-order valence-corrected chi connectivity index (χ2v) is 5.23. The highest BCUT2D eigenvalue weighted by Gasteiger charge is 2.30. The summed E-state index contributed by atoms with van der Waals surface area (Å²) in [5.74, 6) is 0. The van der Waals surface area contributed by atoms with Gasteiger partial charge in [-0.2, -0.15) is 0 Å². The fourth-order valence-corrected chi connectivity index (χ4v) is 2.57. The molecule has 0 spiro atoms. The molecule has 0 aliphatic carbocycles. The highest BCUT2D eigenvalue weighted by molar-refractivity contribution is 6.34. The van der Waals surface area contributed by atoms with Crippen molar-refractivity contribution in [3.05, 3.63) is 23.2 Å². The molecule has 0 radical (unpaired) electrons. The molecular weight excluding hydrogens is 236 g/mol. The van der Waals surface area contributed by atoms with Crippen LogP contribution in [-0.2, 0) is 4.74 Å². The number of para-hydroxylation sites is 1. The lowest BCUT2D eigenvalue weighted by Gasteiger charge is -2.40. The molecule has 1 aliphatic heterocycles. The zero-order valence-electron chi connectivity index (χ0n) is 10.4. The summed E-state index contributed by atoms with van der Waals surface area (Å²) in [6.45, 7) is 4.01. The van der Waals surface area contributed by atoms with E-state index in [2.05, 4.69) is 11.8 Å². The molecule has 17 heavy (non-hydrogen) atoms. The number of benzene rings is 1. The molecule has 1 heterocycles. The van der Waals surface area contributed by atoms with E-state index in [4.69, 9.17) is 22.1 Å². The second-order valence-electron chi connectivity index (χ2n) is 4.82. The van der Waals surface area contributed by atoms with Crippen molar-refractivity contribution in [1.82, 2.24) is 0 Å². The number of anilines is 2. The van der Waals surface area contributed by atoms with Crippen molar-refractivity contribution in [2.24, 2.45) is 0 Å². The number of methoxy groups -OCH3 is 1. The number of piperidine rings is 1. The number of hydrogen-bond acceptors (Lipinski definition) is 3. The van der Waals surface area contributed by atoms with Crippen LogP contribution >= 0.6 is 11.6 Å². The first kappa shape index (κ1) is 12.5.